The van der Waals surface area contributed by atoms with Crippen LogP contribution >= 0.6 is 11.6 Å². The van der Waals surface area contributed by atoms with Gasteiger partial charge >= 0.3 is 0 Å². The summed E-state index contributed by atoms with van der Waals surface area (Å²) in [5.41, 5.74) is 3.45. The molecular weight excluding hydrogens is 426 g/mol. The van der Waals surface area contributed by atoms with Crippen LogP contribution in [0.25, 0.3) is 0 Å². The van der Waals surface area contributed by atoms with Crippen molar-refractivity contribution in [2.24, 2.45) is 0 Å². The molecule has 0 aliphatic carbocycles. The summed E-state index contributed by atoms with van der Waals surface area (Å²) < 4.78 is 0. The van der Waals surface area contributed by atoms with Crippen molar-refractivity contribution in [3.05, 3.63) is 69.9 Å². The van der Waals surface area contributed by atoms with E-state index in [0.29, 0.717) is 16.9 Å². The number of nitrogens with zero attached hydrogens (tertiary/aromatic N) is 2. The maximum atomic E-state index is 13.1. The van der Waals surface area contributed by atoms with Gasteiger partial charge in [-0.25, -0.2) is 4.90 Å². The molecule has 0 atom stereocenters. The van der Waals surface area contributed by atoms with E-state index in [1.807, 2.05) is 24.8 Å². The van der Waals surface area contributed by atoms with Gasteiger partial charge in [0.25, 0.3) is 17.7 Å². The van der Waals surface area contributed by atoms with Crippen molar-refractivity contribution < 1.29 is 14.4 Å². The second-order valence-electron chi connectivity index (χ2n) is 8.39. The van der Waals surface area contributed by atoms with E-state index in [2.05, 4.69) is 5.32 Å². The minimum absolute atomic E-state index is 0.00944. The van der Waals surface area contributed by atoms with Crippen LogP contribution in [-0.4, -0.2) is 35.7 Å². The number of hydrogen-bond donors (Lipinski definition) is 1. The van der Waals surface area contributed by atoms with Crippen LogP contribution in [0.2, 0.25) is 0 Å². The lowest BCUT2D eigenvalue weighted by atomic mass is 10.1. The molecule has 1 N–H and O–H groups in total. The Balaban J connectivity index is 1.56. The molecule has 2 aliphatic heterocycles. The standard InChI is InChI=1S/C25H26ClN3O3/c1-16-12-17(2)14-20(13-16)29-24(31)21(26)22(25(29)32)27-19-9-7-8-18(15-19)23(30)28-10-5-3-4-6-11-28/h7-9,12-15,27H,3-6,10-11H2,1-2H3. The Labute approximate surface area is 192 Å². The number of rotatable bonds is 4. The summed E-state index contributed by atoms with van der Waals surface area (Å²) in [5, 5.41) is 2.81. The molecule has 2 aliphatic rings. The van der Waals surface area contributed by atoms with Crippen LogP contribution in [0.1, 0.15) is 47.2 Å². The normalized spacial score (nSPS) is 17.1. The summed E-state index contributed by atoms with van der Waals surface area (Å²) in [5.74, 6) is -1.11. The van der Waals surface area contributed by atoms with Crippen LogP contribution in [0.4, 0.5) is 11.4 Å². The fourth-order valence-electron chi connectivity index (χ4n) is 4.26. The van der Waals surface area contributed by atoms with Crippen LogP contribution in [0.5, 0.6) is 0 Å². The first kappa shape index (κ1) is 22.1. The van der Waals surface area contributed by atoms with Gasteiger partial charge in [0, 0.05) is 24.3 Å². The lowest BCUT2D eigenvalue weighted by Crippen LogP contribution is -2.32. The van der Waals surface area contributed by atoms with Gasteiger partial charge < -0.3 is 10.2 Å². The zero-order valence-electron chi connectivity index (χ0n) is 18.3. The molecule has 0 radical (unpaired) electrons. The van der Waals surface area contributed by atoms with Gasteiger partial charge in [0.05, 0.1) is 5.69 Å². The minimum atomic E-state index is -0.569. The highest BCUT2D eigenvalue weighted by atomic mass is 35.5. The van der Waals surface area contributed by atoms with E-state index < -0.39 is 11.8 Å². The Morgan fingerprint density at radius 1 is 0.906 bits per heavy atom. The molecule has 2 heterocycles. The van der Waals surface area contributed by atoms with Crippen molar-refractivity contribution in [1.29, 1.82) is 0 Å². The van der Waals surface area contributed by atoms with Gasteiger partial charge in [-0.2, -0.15) is 0 Å². The van der Waals surface area contributed by atoms with Crippen molar-refractivity contribution in [2.45, 2.75) is 39.5 Å². The molecule has 0 bridgehead atoms. The number of carbonyl (C=O) groups is 3. The van der Waals surface area contributed by atoms with Gasteiger partial charge in [-0.15, -0.1) is 0 Å². The number of anilines is 2. The van der Waals surface area contributed by atoms with Crippen molar-refractivity contribution in [2.75, 3.05) is 23.3 Å². The summed E-state index contributed by atoms with van der Waals surface area (Å²) in [6, 6.07) is 12.5. The third kappa shape index (κ3) is 4.41. The Morgan fingerprint density at radius 3 is 2.22 bits per heavy atom. The Hall–Kier alpha value is -3.12. The first-order chi connectivity index (χ1) is 15.3. The number of benzene rings is 2. The van der Waals surface area contributed by atoms with E-state index in [-0.39, 0.29) is 16.6 Å². The van der Waals surface area contributed by atoms with E-state index in [9.17, 15) is 14.4 Å². The lowest BCUT2D eigenvalue weighted by Gasteiger charge is -2.20. The first-order valence-corrected chi connectivity index (χ1v) is 11.3. The topological polar surface area (TPSA) is 69.7 Å². The fourth-order valence-corrected chi connectivity index (χ4v) is 4.47. The highest BCUT2D eigenvalue weighted by molar-refractivity contribution is 6.53. The average Bonchev–Trinajstić information content (AvgIpc) is 2.96. The number of nitrogens with one attached hydrogen (secondary N) is 1. The molecule has 4 rings (SSSR count). The van der Waals surface area contributed by atoms with Crippen molar-refractivity contribution >= 4 is 40.7 Å². The lowest BCUT2D eigenvalue weighted by molar-refractivity contribution is -0.120. The zero-order chi connectivity index (χ0) is 22.8. The van der Waals surface area contributed by atoms with Gasteiger partial charge in [0.2, 0.25) is 0 Å². The number of amides is 3. The molecule has 7 heteroatoms. The van der Waals surface area contributed by atoms with Gasteiger partial charge in [-0.1, -0.05) is 36.6 Å². The quantitative estimate of drug-likeness (QED) is 0.680. The predicted octanol–water partition coefficient (Wildman–Crippen LogP) is 4.76. The SMILES string of the molecule is Cc1cc(C)cc(N2C(=O)C(Cl)=C(Nc3cccc(C(=O)N4CCCCCC4)c3)C2=O)c1. The monoisotopic (exact) mass is 451 g/mol. The molecule has 2 aromatic rings. The number of aryl methyl sites for hydroxylation is 2. The molecule has 1 saturated heterocycles. The number of likely N-dealkylation sites (tertiary alicyclic amines) is 1. The summed E-state index contributed by atoms with van der Waals surface area (Å²) in [6.07, 6.45) is 4.31. The maximum absolute atomic E-state index is 13.1. The highest BCUT2D eigenvalue weighted by Crippen LogP contribution is 2.31. The van der Waals surface area contributed by atoms with Crippen LogP contribution in [0.3, 0.4) is 0 Å². The Kier molecular flexibility index (Phi) is 6.33. The molecule has 32 heavy (non-hydrogen) atoms. The van der Waals surface area contributed by atoms with Crippen LogP contribution in [0, 0.1) is 13.8 Å². The number of hydrogen-bond acceptors (Lipinski definition) is 4. The predicted molar refractivity (Wildman–Crippen MR) is 126 cm³/mol. The van der Waals surface area contributed by atoms with Gasteiger partial charge in [-0.3, -0.25) is 14.4 Å². The molecule has 0 spiro atoms. The Morgan fingerprint density at radius 2 is 1.56 bits per heavy atom. The van der Waals surface area contributed by atoms with Gasteiger partial charge in [-0.05, 0) is 68.1 Å². The molecule has 3 amide bonds. The zero-order valence-corrected chi connectivity index (χ0v) is 19.0. The van der Waals surface area contributed by atoms with E-state index in [1.165, 1.54) is 0 Å². The Bertz CT molecular complexity index is 1100. The third-order valence-electron chi connectivity index (χ3n) is 5.76. The van der Waals surface area contributed by atoms with Gasteiger partial charge in [0.15, 0.2) is 0 Å². The maximum Gasteiger partial charge on any atom is 0.283 e. The largest absolute Gasteiger partial charge is 0.350 e. The molecule has 166 valence electrons. The third-order valence-corrected chi connectivity index (χ3v) is 6.11. The van der Waals surface area contributed by atoms with Crippen LogP contribution in [0.15, 0.2) is 53.2 Å². The molecule has 1 fully saturated rings. The van der Waals surface area contributed by atoms with E-state index in [1.54, 1.807) is 36.4 Å². The molecule has 0 unspecified atom stereocenters. The smallest absolute Gasteiger partial charge is 0.283 e. The molecule has 0 saturated carbocycles. The van der Waals surface area contributed by atoms with E-state index in [4.69, 9.17) is 11.6 Å². The average molecular weight is 452 g/mol. The van der Waals surface area contributed by atoms with Crippen molar-refractivity contribution in [3.63, 3.8) is 0 Å². The van der Waals surface area contributed by atoms with Gasteiger partial charge in [0.1, 0.15) is 10.7 Å². The van der Waals surface area contributed by atoms with Crippen LogP contribution in [-0.2, 0) is 9.59 Å². The van der Waals surface area contributed by atoms with Crippen LogP contribution < -0.4 is 10.2 Å². The van der Waals surface area contributed by atoms with E-state index >= 15 is 0 Å². The molecular formula is C25H26ClN3O3. The molecule has 0 aromatic heterocycles. The molecule has 6 nitrogen and oxygen atoms in total. The minimum Gasteiger partial charge on any atom is -0.350 e. The summed E-state index contributed by atoms with van der Waals surface area (Å²) in [7, 11) is 0. The fraction of sp³-hybridized carbons (Fsp3) is 0.320. The highest BCUT2D eigenvalue weighted by Gasteiger charge is 2.39. The number of imide groups is 1. The summed E-state index contributed by atoms with van der Waals surface area (Å²) >= 11 is 6.27. The summed E-state index contributed by atoms with van der Waals surface area (Å²) in [6.45, 7) is 5.32. The van der Waals surface area contributed by atoms with Crippen molar-refractivity contribution in [1.82, 2.24) is 4.90 Å². The number of carbonyl (C=O) groups excluding carboxylic acids is 3. The number of halogens is 1. The van der Waals surface area contributed by atoms with Crippen molar-refractivity contribution in [3.8, 4) is 0 Å². The molecule has 2 aromatic carbocycles. The summed E-state index contributed by atoms with van der Waals surface area (Å²) in [4.78, 5) is 41.8. The van der Waals surface area contributed by atoms with E-state index in [0.717, 1.165) is 54.8 Å². The first-order valence-electron chi connectivity index (χ1n) is 10.9. The second kappa shape index (κ2) is 9.17. The second-order valence-corrected chi connectivity index (χ2v) is 8.77.